The first-order valence-electron chi connectivity index (χ1n) is 10.3. The number of anilines is 3. The predicted octanol–water partition coefficient (Wildman–Crippen LogP) is 4.97. The summed E-state index contributed by atoms with van der Waals surface area (Å²) in [7, 11) is 1.80. The molecular formula is C23H18F4N6O. The largest absolute Gasteiger partial charge is 0.416 e. The minimum Gasteiger partial charge on any atom is -0.383 e. The van der Waals surface area contributed by atoms with E-state index in [4.69, 9.17) is 5.73 Å². The van der Waals surface area contributed by atoms with Gasteiger partial charge < -0.3 is 11.1 Å². The first-order valence-corrected chi connectivity index (χ1v) is 10.3. The summed E-state index contributed by atoms with van der Waals surface area (Å²) in [5.41, 5.74) is 8.19. The Morgan fingerprint density at radius 3 is 2.71 bits per heavy atom. The zero-order valence-electron chi connectivity index (χ0n) is 17.8. The van der Waals surface area contributed by atoms with E-state index in [1.54, 1.807) is 30.1 Å². The summed E-state index contributed by atoms with van der Waals surface area (Å²) in [5, 5.41) is 7.54. The van der Waals surface area contributed by atoms with Crippen LogP contribution in [0.15, 0.2) is 48.7 Å². The number of hydrogen-bond donors (Lipinski definition) is 2. The average Bonchev–Trinajstić information content (AvgIpc) is 3.36. The van der Waals surface area contributed by atoms with Gasteiger partial charge in [0.2, 0.25) is 0 Å². The van der Waals surface area contributed by atoms with E-state index >= 15 is 0 Å². The maximum atomic E-state index is 14.1. The van der Waals surface area contributed by atoms with Crippen LogP contribution in [0.3, 0.4) is 0 Å². The second-order valence-corrected chi connectivity index (χ2v) is 7.93. The van der Waals surface area contributed by atoms with Crippen molar-refractivity contribution in [3.63, 3.8) is 0 Å². The molecule has 0 unspecified atom stereocenters. The van der Waals surface area contributed by atoms with E-state index in [2.05, 4.69) is 15.4 Å². The van der Waals surface area contributed by atoms with Crippen molar-refractivity contribution in [2.24, 2.45) is 7.05 Å². The fraction of sp³-hybridized carbons (Fsp3) is 0.174. The molecule has 4 aromatic rings. The van der Waals surface area contributed by atoms with Crippen LogP contribution < -0.4 is 16.0 Å². The lowest BCUT2D eigenvalue weighted by Gasteiger charge is -2.19. The molecule has 34 heavy (non-hydrogen) atoms. The van der Waals surface area contributed by atoms with Crippen LogP contribution in [0.1, 0.15) is 11.1 Å². The van der Waals surface area contributed by atoms with Crippen LogP contribution in [0.25, 0.3) is 22.2 Å². The maximum Gasteiger partial charge on any atom is 0.416 e. The number of nitrogens with one attached hydrogen (secondary N) is 1. The topological polar surface area (TPSA) is 89.1 Å². The van der Waals surface area contributed by atoms with Gasteiger partial charge in [-0.25, -0.2) is 14.2 Å². The molecule has 0 spiro atoms. The minimum atomic E-state index is -4.65. The van der Waals surface area contributed by atoms with Gasteiger partial charge in [-0.3, -0.25) is 9.58 Å². The number of aromatic nitrogens is 3. The Bertz CT molecular complexity index is 1450. The molecule has 11 heteroatoms. The number of pyridine rings is 1. The van der Waals surface area contributed by atoms with Crippen molar-refractivity contribution >= 4 is 34.1 Å². The van der Waals surface area contributed by atoms with Gasteiger partial charge in [0.15, 0.2) is 0 Å². The summed E-state index contributed by atoms with van der Waals surface area (Å²) in [6.45, 7) is 0.290. The van der Waals surface area contributed by atoms with E-state index in [1.165, 1.54) is 4.90 Å². The number of halogens is 4. The highest BCUT2D eigenvalue weighted by molar-refractivity contribution is 6.04. The Labute approximate surface area is 190 Å². The van der Waals surface area contributed by atoms with Crippen LogP contribution in [-0.4, -0.2) is 27.3 Å². The number of aryl methyl sites for hydroxylation is 1. The van der Waals surface area contributed by atoms with Crippen molar-refractivity contribution in [2.75, 3.05) is 22.5 Å². The number of nitrogens with two attached hydrogens (primary N) is 1. The number of nitrogens with zero attached hydrogens (tertiary/aromatic N) is 4. The predicted molar refractivity (Wildman–Crippen MR) is 120 cm³/mol. The van der Waals surface area contributed by atoms with Crippen LogP contribution >= 0.6 is 0 Å². The number of urea groups is 1. The molecule has 1 aliphatic rings. The Morgan fingerprint density at radius 1 is 1.15 bits per heavy atom. The molecular weight excluding hydrogens is 452 g/mol. The van der Waals surface area contributed by atoms with Crippen LogP contribution in [0.5, 0.6) is 0 Å². The van der Waals surface area contributed by atoms with Gasteiger partial charge in [-0.1, -0.05) is 6.07 Å². The second-order valence-electron chi connectivity index (χ2n) is 7.93. The fourth-order valence-electron chi connectivity index (χ4n) is 4.18. The summed E-state index contributed by atoms with van der Waals surface area (Å²) >= 11 is 0. The third-order valence-corrected chi connectivity index (χ3v) is 5.82. The van der Waals surface area contributed by atoms with Crippen LogP contribution in [0, 0.1) is 5.82 Å². The molecule has 0 fully saturated rings. The maximum absolute atomic E-state index is 14.1. The molecule has 0 bridgehead atoms. The summed E-state index contributed by atoms with van der Waals surface area (Å²) in [6.07, 6.45) is -2.53. The van der Waals surface area contributed by atoms with Gasteiger partial charge in [0.05, 0.1) is 22.2 Å². The summed E-state index contributed by atoms with van der Waals surface area (Å²) < 4.78 is 54.7. The highest BCUT2D eigenvalue weighted by Gasteiger charge is 2.32. The molecule has 1 aliphatic heterocycles. The lowest BCUT2D eigenvalue weighted by atomic mass is 10.0. The average molecular weight is 470 g/mol. The Hall–Kier alpha value is -4.15. The van der Waals surface area contributed by atoms with Crippen LogP contribution in [0.2, 0.25) is 0 Å². The number of fused-ring (bicyclic) bond motifs is 2. The molecule has 174 valence electrons. The van der Waals surface area contributed by atoms with Gasteiger partial charge in [0.1, 0.15) is 17.3 Å². The molecule has 2 aromatic carbocycles. The van der Waals surface area contributed by atoms with Crippen molar-refractivity contribution < 1.29 is 22.4 Å². The molecule has 0 aliphatic carbocycles. The number of amides is 2. The molecule has 0 saturated heterocycles. The van der Waals surface area contributed by atoms with Gasteiger partial charge in [0.25, 0.3) is 0 Å². The van der Waals surface area contributed by atoms with Crippen molar-refractivity contribution in [3.8, 4) is 11.3 Å². The Balaban J connectivity index is 1.44. The van der Waals surface area contributed by atoms with Gasteiger partial charge in [-0.15, -0.1) is 0 Å². The number of carbonyl (C=O) groups excluding carboxylic acids is 1. The molecule has 3 N–H and O–H groups in total. The molecule has 2 aromatic heterocycles. The lowest BCUT2D eigenvalue weighted by molar-refractivity contribution is -0.137. The fourth-order valence-corrected chi connectivity index (χ4v) is 4.18. The Kier molecular flexibility index (Phi) is 4.92. The normalized spacial score (nSPS) is 13.4. The molecule has 0 saturated carbocycles. The van der Waals surface area contributed by atoms with Crippen molar-refractivity contribution in [1.82, 2.24) is 14.8 Å². The van der Waals surface area contributed by atoms with Crippen LogP contribution in [0.4, 0.5) is 39.5 Å². The summed E-state index contributed by atoms with van der Waals surface area (Å²) in [5.74, 6) is -0.602. The van der Waals surface area contributed by atoms with E-state index < -0.39 is 29.3 Å². The van der Waals surface area contributed by atoms with Gasteiger partial charge >= 0.3 is 12.2 Å². The highest BCUT2D eigenvalue weighted by Crippen LogP contribution is 2.37. The van der Waals surface area contributed by atoms with Crippen molar-refractivity contribution in [2.45, 2.75) is 12.6 Å². The first-order chi connectivity index (χ1) is 16.1. The molecule has 5 rings (SSSR count). The van der Waals surface area contributed by atoms with Gasteiger partial charge in [-0.2, -0.15) is 18.3 Å². The second kappa shape index (κ2) is 7.72. The van der Waals surface area contributed by atoms with E-state index in [1.807, 2.05) is 12.1 Å². The number of nitrogen functional groups attached to an aromatic ring is 1. The number of hydrogen-bond acceptors (Lipinski definition) is 4. The zero-order chi connectivity index (χ0) is 24.2. The van der Waals surface area contributed by atoms with Crippen LogP contribution in [-0.2, 0) is 19.6 Å². The lowest BCUT2D eigenvalue weighted by Crippen LogP contribution is -2.33. The smallest absolute Gasteiger partial charge is 0.383 e. The number of carbonyl (C=O) groups is 1. The molecule has 0 atom stereocenters. The van der Waals surface area contributed by atoms with E-state index in [9.17, 15) is 22.4 Å². The standard InChI is InChI=1S/C23H18F4N6O/c1-32-18-6-8-29-21(28)19(18)20(31-32)13-2-5-17-12(10-13)7-9-33(17)22(34)30-16-11-14(23(25,26)27)3-4-15(16)24/h2-6,8,10-11H,7,9H2,1H3,(H2,28,29)(H,30,34). The highest BCUT2D eigenvalue weighted by atomic mass is 19.4. The first kappa shape index (κ1) is 21.7. The molecule has 7 nitrogen and oxygen atoms in total. The van der Waals surface area contributed by atoms with Crippen molar-refractivity contribution in [1.29, 1.82) is 0 Å². The van der Waals surface area contributed by atoms with Gasteiger partial charge in [0, 0.05) is 31.0 Å². The van der Waals surface area contributed by atoms with E-state index in [0.717, 1.165) is 22.0 Å². The Morgan fingerprint density at radius 2 is 1.94 bits per heavy atom. The number of benzene rings is 2. The number of rotatable bonds is 2. The third-order valence-electron chi connectivity index (χ3n) is 5.82. The SMILES string of the molecule is Cn1nc(-c2ccc3c(c2)CCN3C(=O)Nc2cc(C(F)(F)F)ccc2F)c2c(N)nccc21. The zero-order valence-corrected chi connectivity index (χ0v) is 17.8. The molecule has 0 radical (unpaired) electrons. The monoisotopic (exact) mass is 470 g/mol. The van der Waals surface area contributed by atoms with E-state index in [-0.39, 0.29) is 6.54 Å². The summed E-state index contributed by atoms with van der Waals surface area (Å²) in [6, 6.07) is 8.38. The molecule has 2 amide bonds. The van der Waals surface area contributed by atoms with E-state index in [0.29, 0.717) is 41.8 Å². The summed E-state index contributed by atoms with van der Waals surface area (Å²) in [4.78, 5) is 18.3. The third kappa shape index (κ3) is 3.58. The quantitative estimate of drug-likeness (QED) is 0.405. The number of alkyl halides is 3. The van der Waals surface area contributed by atoms with Gasteiger partial charge in [-0.05, 0) is 48.4 Å². The van der Waals surface area contributed by atoms with Crippen molar-refractivity contribution in [3.05, 3.63) is 65.6 Å². The minimum absolute atomic E-state index is 0.290. The molecule has 3 heterocycles.